The van der Waals surface area contributed by atoms with Gasteiger partial charge in [-0.05, 0) is 23.0 Å². The second-order valence-corrected chi connectivity index (χ2v) is 12.6. The third-order valence-electron chi connectivity index (χ3n) is 2.38. The molecule has 0 aliphatic carbocycles. The minimum absolute atomic E-state index is 0.455. The summed E-state index contributed by atoms with van der Waals surface area (Å²) in [6.07, 6.45) is 0. The average Bonchev–Trinajstić information content (AvgIpc) is 1.95. The van der Waals surface area contributed by atoms with Crippen molar-refractivity contribution in [1.82, 2.24) is 0 Å². The van der Waals surface area contributed by atoms with Crippen LogP contribution >= 0.6 is 60.5 Å². The van der Waals surface area contributed by atoms with E-state index in [4.69, 9.17) is 0 Å². The Hall–Kier alpha value is 1.75. The van der Waals surface area contributed by atoms with Gasteiger partial charge in [0.15, 0.2) is 0 Å². The van der Waals surface area contributed by atoms with Crippen LogP contribution in [0.4, 0.5) is 0 Å². The Bertz CT molecular complexity index is 156. The highest BCUT2D eigenvalue weighted by Gasteiger charge is 2.29. The largest absolute Gasteiger partial charge is 0.237 e. The molecule has 4 atom stereocenters. The molecule has 0 fully saturated rings. The highest BCUT2D eigenvalue weighted by Crippen LogP contribution is 2.52. The molecule has 0 aromatic heterocycles. The number of hydrogen-bond donors (Lipinski definition) is 4. The molecule has 106 valence electrons. The van der Waals surface area contributed by atoms with Gasteiger partial charge >= 0.3 is 0 Å². The SMILES string of the molecule is CC(S)CS(CC(C)S)(CC(C)S)CC(C)S. The first-order valence-corrected chi connectivity index (χ1v) is 10.5. The van der Waals surface area contributed by atoms with Crippen LogP contribution in [0.3, 0.4) is 0 Å². The van der Waals surface area contributed by atoms with Crippen LogP contribution in [-0.2, 0) is 0 Å². The zero-order valence-corrected chi connectivity index (χ0v) is 15.7. The van der Waals surface area contributed by atoms with Gasteiger partial charge in [0.05, 0.1) is 0 Å². The van der Waals surface area contributed by atoms with Gasteiger partial charge in [-0.15, -0.1) is 0 Å². The van der Waals surface area contributed by atoms with E-state index in [1.54, 1.807) is 0 Å². The molecule has 0 amide bonds. The van der Waals surface area contributed by atoms with E-state index in [0.717, 1.165) is 0 Å². The first-order valence-electron chi connectivity index (χ1n) is 6.13. The van der Waals surface area contributed by atoms with Crippen LogP contribution < -0.4 is 0 Å². The fourth-order valence-electron chi connectivity index (χ4n) is 2.45. The summed E-state index contributed by atoms with van der Waals surface area (Å²) in [6.45, 7) is 8.78. The first kappa shape index (κ1) is 18.8. The van der Waals surface area contributed by atoms with E-state index < -0.39 is 10.0 Å². The minimum atomic E-state index is -0.699. The second kappa shape index (κ2) is 8.83. The normalized spacial score (nSPS) is 24.5. The van der Waals surface area contributed by atoms with Crippen LogP contribution in [0, 0.1) is 0 Å². The monoisotopic (exact) mass is 332 g/mol. The van der Waals surface area contributed by atoms with E-state index in [1.165, 1.54) is 23.0 Å². The van der Waals surface area contributed by atoms with E-state index >= 15 is 0 Å². The second-order valence-electron chi connectivity index (χ2n) is 5.29. The molecule has 17 heavy (non-hydrogen) atoms. The first-order chi connectivity index (χ1) is 7.67. The third kappa shape index (κ3) is 9.31. The maximum Gasteiger partial charge on any atom is 0.00646 e. The average molecular weight is 333 g/mol. The predicted octanol–water partition coefficient (Wildman–Crippen LogP) is 4.06. The van der Waals surface area contributed by atoms with E-state index in [-0.39, 0.29) is 0 Å². The standard InChI is InChI=1S/C12H28S5/c1-9(13)5-17(6-10(2)14,7-11(3)15)8-12(4)16/h9-16H,5-8H2,1-4H3. The van der Waals surface area contributed by atoms with Crippen molar-refractivity contribution in [2.45, 2.75) is 48.7 Å². The van der Waals surface area contributed by atoms with Gasteiger partial charge in [-0.3, -0.25) is 0 Å². The predicted molar refractivity (Wildman–Crippen MR) is 101 cm³/mol. The quantitative estimate of drug-likeness (QED) is 0.473. The lowest BCUT2D eigenvalue weighted by atomic mass is 10.5. The van der Waals surface area contributed by atoms with E-state index in [2.05, 4.69) is 78.2 Å². The summed E-state index contributed by atoms with van der Waals surface area (Å²) >= 11 is 18.4. The maximum atomic E-state index is 4.60. The Morgan fingerprint density at radius 2 is 0.765 bits per heavy atom. The lowest BCUT2D eigenvalue weighted by Crippen LogP contribution is -2.30. The van der Waals surface area contributed by atoms with Crippen molar-refractivity contribution < 1.29 is 0 Å². The summed E-state index contributed by atoms with van der Waals surface area (Å²) in [4.78, 5) is 0. The van der Waals surface area contributed by atoms with Gasteiger partial charge in [-0.2, -0.15) is 50.5 Å². The van der Waals surface area contributed by atoms with E-state index in [9.17, 15) is 0 Å². The molecule has 4 unspecified atom stereocenters. The molecule has 0 rings (SSSR count). The highest BCUT2D eigenvalue weighted by atomic mass is 32.3. The molecule has 0 aliphatic heterocycles. The third-order valence-corrected chi connectivity index (χ3v) is 8.93. The molecule has 0 aromatic rings. The van der Waals surface area contributed by atoms with Crippen LogP contribution in [-0.4, -0.2) is 44.0 Å². The van der Waals surface area contributed by atoms with Gasteiger partial charge in [-0.25, -0.2) is 10.0 Å². The lowest BCUT2D eigenvalue weighted by Gasteiger charge is -2.45. The van der Waals surface area contributed by atoms with Crippen molar-refractivity contribution in [1.29, 1.82) is 0 Å². The maximum absolute atomic E-state index is 4.60. The lowest BCUT2D eigenvalue weighted by molar-refractivity contribution is 1.02. The number of rotatable bonds is 8. The molecule has 0 aromatic carbocycles. The molecule has 0 heterocycles. The van der Waals surface area contributed by atoms with Gasteiger partial charge in [0, 0.05) is 21.0 Å². The van der Waals surface area contributed by atoms with Crippen LogP contribution in [0.5, 0.6) is 0 Å². The zero-order valence-electron chi connectivity index (χ0n) is 11.3. The van der Waals surface area contributed by atoms with E-state index in [1.807, 2.05) is 0 Å². The molecule has 0 bridgehead atoms. The van der Waals surface area contributed by atoms with Gasteiger partial charge in [0.25, 0.3) is 0 Å². The summed E-state index contributed by atoms with van der Waals surface area (Å²) < 4.78 is 0. The summed E-state index contributed by atoms with van der Waals surface area (Å²) in [5, 5.41) is 1.82. The summed E-state index contributed by atoms with van der Waals surface area (Å²) in [6, 6.07) is 0. The molecule has 0 N–H and O–H groups in total. The molecular weight excluding hydrogens is 304 g/mol. The van der Waals surface area contributed by atoms with Gasteiger partial charge in [-0.1, -0.05) is 27.7 Å². The van der Waals surface area contributed by atoms with Crippen molar-refractivity contribution >= 4 is 60.5 Å². The van der Waals surface area contributed by atoms with Crippen LogP contribution in [0.1, 0.15) is 27.7 Å². The Balaban J connectivity index is 4.89. The van der Waals surface area contributed by atoms with Crippen LogP contribution in [0.15, 0.2) is 0 Å². The van der Waals surface area contributed by atoms with Gasteiger partial charge in [0.2, 0.25) is 0 Å². The minimum Gasteiger partial charge on any atom is -0.237 e. The van der Waals surface area contributed by atoms with Gasteiger partial charge in [0.1, 0.15) is 0 Å². The Morgan fingerprint density at radius 3 is 0.882 bits per heavy atom. The van der Waals surface area contributed by atoms with Crippen molar-refractivity contribution in [3.8, 4) is 0 Å². The fourth-order valence-corrected chi connectivity index (χ4v) is 11.2. The van der Waals surface area contributed by atoms with Crippen molar-refractivity contribution in [2.24, 2.45) is 0 Å². The number of hydrogen-bond acceptors (Lipinski definition) is 4. The van der Waals surface area contributed by atoms with Gasteiger partial charge < -0.3 is 0 Å². The molecular formula is C12H28S5. The zero-order chi connectivity index (χ0) is 13.6. The Morgan fingerprint density at radius 1 is 0.588 bits per heavy atom. The molecule has 0 saturated carbocycles. The molecule has 5 heteroatoms. The topological polar surface area (TPSA) is 0 Å². The Labute approximate surface area is 131 Å². The summed E-state index contributed by atoms with van der Waals surface area (Å²) in [5.74, 6) is 4.82. The van der Waals surface area contributed by atoms with Crippen LogP contribution in [0.2, 0.25) is 0 Å². The van der Waals surface area contributed by atoms with Crippen LogP contribution in [0.25, 0.3) is 0 Å². The van der Waals surface area contributed by atoms with Crippen molar-refractivity contribution in [3.05, 3.63) is 0 Å². The number of thiol groups is 4. The fraction of sp³-hybridized carbons (Fsp3) is 1.00. The van der Waals surface area contributed by atoms with Crippen molar-refractivity contribution in [2.75, 3.05) is 23.0 Å². The summed E-state index contributed by atoms with van der Waals surface area (Å²) in [5.41, 5.74) is 0. The molecule has 0 nitrogen and oxygen atoms in total. The highest BCUT2D eigenvalue weighted by molar-refractivity contribution is 8.34. The molecule has 0 saturated heterocycles. The van der Waals surface area contributed by atoms with Crippen molar-refractivity contribution in [3.63, 3.8) is 0 Å². The molecule has 0 aliphatic rings. The van der Waals surface area contributed by atoms with E-state index in [0.29, 0.717) is 21.0 Å². The smallest absolute Gasteiger partial charge is 0.00646 e. The molecule has 0 radical (unpaired) electrons. The summed E-state index contributed by atoms with van der Waals surface area (Å²) in [7, 11) is -0.699. The Kier molecular flexibility index (Phi) is 9.74. The molecule has 0 spiro atoms.